The first-order valence-electron chi connectivity index (χ1n) is 4.24. The van der Waals surface area contributed by atoms with Crippen LogP contribution in [-0.2, 0) is 6.54 Å². The van der Waals surface area contributed by atoms with Crippen LogP contribution < -0.4 is 0 Å². The second kappa shape index (κ2) is 3.56. The van der Waals surface area contributed by atoms with Crippen LogP contribution in [0.15, 0.2) is 6.33 Å². The number of aryl methyl sites for hydroxylation is 2. The summed E-state index contributed by atoms with van der Waals surface area (Å²) in [5.74, 6) is 0. The Labute approximate surface area is 68.3 Å². The van der Waals surface area contributed by atoms with Crippen LogP contribution in [0.1, 0.15) is 31.2 Å². The molecule has 1 rings (SSSR count). The van der Waals surface area contributed by atoms with Gasteiger partial charge in [-0.05, 0) is 20.3 Å². The normalized spacial score (nSPS) is 10.5. The van der Waals surface area contributed by atoms with Crippen molar-refractivity contribution in [1.29, 1.82) is 0 Å². The fourth-order valence-electron chi connectivity index (χ4n) is 1.10. The van der Waals surface area contributed by atoms with Gasteiger partial charge in [0, 0.05) is 12.2 Å². The van der Waals surface area contributed by atoms with Crippen molar-refractivity contribution < 1.29 is 0 Å². The molecule has 0 atom stereocenters. The summed E-state index contributed by atoms with van der Waals surface area (Å²) in [4.78, 5) is 4.23. The van der Waals surface area contributed by atoms with Gasteiger partial charge >= 0.3 is 0 Å². The van der Waals surface area contributed by atoms with Gasteiger partial charge in [0.15, 0.2) is 0 Å². The quantitative estimate of drug-likeness (QED) is 0.649. The zero-order chi connectivity index (χ0) is 8.27. The Bertz CT molecular complexity index is 225. The van der Waals surface area contributed by atoms with Crippen LogP contribution in [0.2, 0.25) is 0 Å². The van der Waals surface area contributed by atoms with Crippen molar-refractivity contribution in [3.05, 3.63) is 17.7 Å². The Kier molecular flexibility index (Phi) is 2.69. The van der Waals surface area contributed by atoms with Crippen LogP contribution >= 0.6 is 0 Å². The zero-order valence-corrected chi connectivity index (χ0v) is 7.59. The molecule has 0 aromatic carbocycles. The van der Waals surface area contributed by atoms with E-state index in [-0.39, 0.29) is 0 Å². The van der Waals surface area contributed by atoms with E-state index in [1.807, 2.05) is 6.33 Å². The number of imidazole rings is 1. The molecule has 2 nitrogen and oxygen atoms in total. The highest BCUT2D eigenvalue weighted by molar-refractivity contribution is 5.08. The third-order valence-electron chi connectivity index (χ3n) is 2.10. The molecular weight excluding hydrogens is 136 g/mol. The molecule has 11 heavy (non-hydrogen) atoms. The molecule has 0 N–H and O–H groups in total. The predicted octanol–water partition coefficient (Wildman–Crippen LogP) is 2.30. The van der Waals surface area contributed by atoms with Gasteiger partial charge < -0.3 is 4.57 Å². The molecule has 0 aliphatic rings. The fourth-order valence-corrected chi connectivity index (χ4v) is 1.10. The molecule has 0 unspecified atom stereocenters. The van der Waals surface area contributed by atoms with Gasteiger partial charge in [-0.3, -0.25) is 0 Å². The molecule has 1 aromatic rings. The Balaban J connectivity index is 2.63. The lowest BCUT2D eigenvalue weighted by Crippen LogP contribution is -1.98. The average molecular weight is 152 g/mol. The standard InChI is InChI=1S/C9H16N2/c1-4-5-6-11-7-10-8(2)9(11)3/h7H,4-6H2,1-3H3. The van der Waals surface area contributed by atoms with Gasteiger partial charge in [-0.1, -0.05) is 13.3 Å². The maximum absolute atomic E-state index is 4.23. The molecule has 0 fully saturated rings. The van der Waals surface area contributed by atoms with E-state index >= 15 is 0 Å². The van der Waals surface area contributed by atoms with Gasteiger partial charge in [-0.2, -0.15) is 0 Å². The van der Waals surface area contributed by atoms with Gasteiger partial charge in [0.25, 0.3) is 0 Å². The molecule has 62 valence electrons. The molecule has 1 aromatic heterocycles. The summed E-state index contributed by atoms with van der Waals surface area (Å²) in [6.07, 6.45) is 4.42. The highest BCUT2D eigenvalue weighted by Gasteiger charge is 1.99. The SMILES string of the molecule is CCCCn1cnc(C)c1C. The van der Waals surface area contributed by atoms with E-state index in [1.54, 1.807) is 0 Å². The summed E-state index contributed by atoms with van der Waals surface area (Å²) < 4.78 is 2.22. The van der Waals surface area contributed by atoms with Crippen molar-refractivity contribution >= 4 is 0 Å². The van der Waals surface area contributed by atoms with Gasteiger partial charge in [0.2, 0.25) is 0 Å². The first-order valence-corrected chi connectivity index (χ1v) is 4.24. The number of nitrogens with zero attached hydrogens (tertiary/aromatic N) is 2. The van der Waals surface area contributed by atoms with Gasteiger partial charge in [-0.25, -0.2) is 4.98 Å². The summed E-state index contributed by atoms with van der Waals surface area (Å²) in [6, 6.07) is 0. The topological polar surface area (TPSA) is 17.8 Å². The number of hydrogen-bond donors (Lipinski definition) is 0. The molecule has 2 heteroatoms. The van der Waals surface area contributed by atoms with Crippen LogP contribution in [0.25, 0.3) is 0 Å². The Morgan fingerprint density at radius 3 is 2.64 bits per heavy atom. The van der Waals surface area contributed by atoms with Crippen molar-refractivity contribution in [3.8, 4) is 0 Å². The van der Waals surface area contributed by atoms with E-state index in [2.05, 4.69) is 30.3 Å². The van der Waals surface area contributed by atoms with Gasteiger partial charge in [0.1, 0.15) is 0 Å². The largest absolute Gasteiger partial charge is 0.335 e. The summed E-state index contributed by atoms with van der Waals surface area (Å²) in [7, 11) is 0. The van der Waals surface area contributed by atoms with E-state index < -0.39 is 0 Å². The minimum atomic E-state index is 1.11. The highest BCUT2D eigenvalue weighted by Crippen LogP contribution is 2.05. The Morgan fingerprint density at radius 1 is 1.45 bits per heavy atom. The van der Waals surface area contributed by atoms with Crippen molar-refractivity contribution in [1.82, 2.24) is 9.55 Å². The second-order valence-electron chi connectivity index (χ2n) is 2.96. The molecule has 0 aliphatic carbocycles. The lowest BCUT2D eigenvalue weighted by Gasteiger charge is -2.02. The van der Waals surface area contributed by atoms with Crippen molar-refractivity contribution in [2.75, 3.05) is 0 Å². The molecule has 0 spiro atoms. The van der Waals surface area contributed by atoms with Crippen molar-refractivity contribution in [3.63, 3.8) is 0 Å². The maximum atomic E-state index is 4.23. The molecule has 1 heterocycles. The number of rotatable bonds is 3. The lowest BCUT2D eigenvalue weighted by atomic mass is 10.3. The number of hydrogen-bond acceptors (Lipinski definition) is 1. The van der Waals surface area contributed by atoms with Crippen LogP contribution in [-0.4, -0.2) is 9.55 Å². The summed E-state index contributed by atoms with van der Waals surface area (Å²) in [5.41, 5.74) is 2.46. The second-order valence-corrected chi connectivity index (χ2v) is 2.96. The molecule has 0 saturated carbocycles. The molecule has 0 radical (unpaired) electrons. The predicted molar refractivity (Wildman–Crippen MR) is 46.6 cm³/mol. The Hall–Kier alpha value is -0.790. The van der Waals surface area contributed by atoms with Gasteiger partial charge in [0.05, 0.1) is 12.0 Å². The Morgan fingerprint density at radius 2 is 2.18 bits per heavy atom. The lowest BCUT2D eigenvalue weighted by molar-refractivity contribution is 0.618. The van der Waals surface area contributed by atoms with E-state index in [9.17, 15) is 0 Å². The van der Waals surface area contributed by atoms with E-state index in [0.29, 0.717) is 0 Å². The molecule has 0 aliphatic heterocycles. The highest BCUT2D eigenvalue weighted by atomic mass is 15.0. The summed E-state index contributed by atoms with van der Waals surface area (Å²) in [6.45, 7) is 7.50. The average Bonchev–Trinajstić information content (AvgIpc) is 2.31. The third kappa shape index (κ3) is 1.82. The van der Waals surface area contributed by atoms with Crippen molar-refractivity contribution in [2.45, 2.75) is 40.2 Å². The number of aromatic nitrogens is 2. The first kappa shape index (κ1) is 8.31. The summed E-state index contributed by atoms with van der Waals surface area (Å²) in [5, 5.41) is 0. The van der Waals surface area contributed by atoms with Crippen LogP contribution in [0.3, 0.4) is 0 Å². The van der Waals surface area contributed by atoms with E-state index in [0.717, 1.165) is 12.2 Å². The van der Waals surface area contributed by atoms with Gasteiger partial charge in [-0.15, -0.1) is 0 Å². The van der Waals surface area contributed by atoms with E-state index in [4.69, 9.17) is 0 Å². The van der Waals surface area contributed by atoms with Crippen LogP contribution in [0.4, 0.5) is 0 Å². The first-order chi connectivity index (χ1) is 5.25. The molecular formula is C9H16N2. The van der Waals surface area contributed by atoms with Crippen LogP contribution in [0, 0.1) is 13.8 Å². The molecule has 0 saturated heterocycles. The third-order valence-corrected chi connectivity index (χ3v) is 2.10. The maximum Gasteiger partial charge on any atom is 0.0951 e. The minimum absolute atomic E-state index is 1.11. The summed E-state index contributed by atoms with van der Waals surface area (Å²) >= 11 is 0. The zero-order valence-electron chi connectivity index (χ0n) is 7.59. The smallest absolute Gasteiger partial charge is 0.0951 e. The fraction of sp³-hybridized carbons (Fsp3) is 0.667. The molecule has 0 amide bonds. The monoisotopic (exact) mass is 152 g/mol. The molecule has 0 bridgehead atoms. The number of unbranched alkanes of at least 4 members (excludes halogenated alkanes) is 1. The minimum Gasteiger partial charge on any atom is -0.335 e. The van der Waals surface area contributed by atoms with E-state index in [1.165, 1.54) is 18.5 Å². The van der Waals surface area contributed by atoms with Crippen LogP contribution in [0.5, 0.6) is 0 Å². The van der Waals surface area contributed by atoms with Crippen molar-refractivity contribution in [2.24, 2.45) is 0 Å².